The molecule has 4 heterocycles. The number of halogens is 6. The van der Waals surface area contributed by atoms with Crippen LogP contribution in [0.3, 0.4) is 0 Å². The number of carbonyl (C=O) groups is 1. The van der Waals surface area contributed by atoms with E-state index in [2.05, 4.69) is 15.1 Å². The minimum atomic E-state index is -4.76. The molecule has 39 heavy (non-hydrogen) atoms. The number of rotatable bonds is 7. The first-order valence-corrected chi connectivity index (χ1v) is 13.1. The number of aromatic nitrogens is 2. The fraction of sp³-hybridized carbons (Fsp3) is 0.360. The summed E-state index contributed by atoms with van der Waals surface area (Å²) >= 11 is 7.07. The van der Waals surface area contributed by atoms with Gasteiger partial charge >= 0.3 is 6.18 Å². The second-order valence-electron chi connectivity index (χ2n) is 9.00. The first kappa shape index (κ1) is 27.4. The number of oxime groups is 1. The van der Waals surface area contributed by atoms with Gasteiger partial charge in [0, 0.05) is 37.0 Å². The Morgan fingerprint density at radius 1 is 1.21 bits per heavy atom. The number of pyridine rings is 1. The normalized spacial score (nSPS) is 19.4. The highest BCUT2D eigenvalue weighted by atomic mass is 35.5. The largest absolute Gasteiger partial charge is 0.451 e. The minimum absolute atomic E-state index is 0.0365. The molecule has 7 nitrogen and oxygen atoms in total. The Morgan fingerprint density at radius 3 is 2.59 bits per heavy atom. The lowest BCUT2D eigenvalue weighted by atomic mass is 9.97. The van der Waals surface area contributed by atoms with Crippen molar-refractivity contribution in [2.75, 3.05) is 13.1 Å². The fourth-order valence-corrected chi connectivity index (χ4v) is 5.70. The van der Waals surface area contributed by atoms with Gasteiger partial charge in [0.1, 0.15) is 22.9 Å². The maximum absolute atomic E-state index is 14.1. The molecule has 1 aromatic carbocycles. The van der Waals surface area contributed by atoms with Crippen molar-refractivity contribution in [1.82, 2.24) is 14.9 Å². The highest BCUT2D eigenvalue weighted by molar-refractivity contribution is 7.10. The molecule has 0 saturated carbocycles. The molecule has 2 atom stereocenters. The van der Waals surface area contributed by atoms with Crippen LogP contribution in [0, 0.1) is 11.6 Å². The third kappa shape index (κ3) is 5.89. The van der Waals surface area contributed by atoms with Gasteiger partial charge in [-0.15, -0.1) is 11.3 Å². The van der Waals surface area contributed by atoms with Crippen LogP contribution in [0.25, 0.3) is 0 Å². The molecule has 206 valence electrons. The lowest BCUT2D eigenvalue weighted by Crippen LogP contribution is -2.45. The summed E-state index contributed by atoms with van der Waals surface area (Å²) in [5, 5.41) is 6.40. The average Bonchev–Trinajstić information content (AvgIpc) is 3.58. The number of nitrogens with zero attached hydrogens (tertiary/aromatic N) is 4. The lowest BCUT2D eigenvalue weighted by Gasteiger charge is -2.34. The molecule has 2 aliphatic rings. The zero-order chi connectivity index (χ0) is 27.7. The van der Waals surface area contributed by atoms with Crippen LogP contribution in [-0.4, -0.2) is 46.2 Å². The van der Waals surface area contributed by atoms with Crippen LogP contribution < -0.4 is 4.74 Å². The van der Waals surface area contributed by atoms with E-state index >= 15 is 0 Å². The number of thiazole rings is 1. The maximum atomic E-state index is 14.1. The number of ether oxygens (including phenoxy) is 1. The predicted molar refractivity (Wildman–Crippen MR) is 132 cm³/mol. The summed E-state index contributed by atoms with van der Waals surface area (Å²) in [5.41, 5.74) is -0.305. The van der Waals surface area contributed by atoms with Gasteiger partial charge in [-0.05, 0) is 31.0 Å². The van der Waals surface area contributed by atoms with Crippen LogP contribution in [0.4, 0.5) is 22.0 Å². The molecule has 1 unspecified atom stereocenters. The molecule has 0 amide bonds. The molecule has 3 aromatic rings. The Morgan fingerprint density at radius 2 is 1.92 bits per heavy atom. The van der Waals surface area contributed by atoms with E-state index in [9.17, 15) is 26.7 Å². The summed E-state index contributed by atoms with van der Waals surface area (Å²) in [4.78, 5) is 26.9. The van der Waals surface area contributed by atoms with E-state index in [1.807, 2.05) is 0 Å². The van der Waals surface area contributed by atoms with Crippen molar-refractivity contribution in [2.45, 2.75) is 43.7 Å². The number of carbonyl (C=O) groups excluding carboxylic acids is 1. The molecule has 0 radical (unpaired) electrons. The zero-order valence-electron chi connectivity index (χ0n) is 20.0. The van der Waals surface area contributed by atoms with Gasteiger partial charge < -0.3 is 9.57 Å². The van der Waals surface area contributed by atoms with Crippen LogP contribution >= 0.6 is 22.9 Å². The van der Waals surface area contributed by atoms with Gasteiger partial charge in [-0.2, -0.15) is 13.2 Å². The number of likely N-dealkylation sites (tertiary alicyclic amines) is 1. The standard InChI is InChI=1S/C25H20ClF5N4O3S/c26-14-8-15(25(29,30)31)23(32-10-14)37-21(11-36)35-6-4-13(5-7-35)24-33-19(12-39-24)18-9-20(38-34-18)22-16(27)2-1-3-17(22)28/h1-3,8,10-13,20-21H,4-7,9H2/t20-,21?/m1/s1. The Bertz CT molecular complexity index is 1370. The number of hydrogen-bond donors (Lipinski definition) is 0. The average molecular weight is 587 g/mol. The van der Waals surface area contributed by atoms with E-state index in [-0.39, 0.29) is 22.9 Å². The summed E-state index contributed by atoms with van der Waals surface area (Å²) in [6.45, 7) is 0.743. The van der Waals surface area contributed by atoms with Crippen LogP contribution in [0.1, 0.15) is 53.1 Å². The number of alkyl halides is 3. The van der Waals surface area contributed by atoms with Gasteiger partial charge in [0.15, 0.2) is 12.4 Å². The molecule has 0 N–H and O–H groups in total. The van der Waals surface area contributed by atoms with Crippen LogP contribution in [-0.2, 0) is 15.8 Å². The van der Waals surface area contributed by atoms with Crippen molar-refractivity contribution < 1.29 is 36.3 Å². The van der Waals surface area contributed by atoms with Crippen molar-refractivity contribution in [3.8, 4) is 5.88 Å². The van der Waals surface area contributed by atoms with E-state index in [0.717, 1.165) is 23.3 Å². The topological polar surface area (TPSA) is 76.9 Å². The number of benzene rings is 1. The molecule has 0 aliphatic carbocycles. The Balaban J connectivity index is 1.20. The first-order chi connectivity index (χ1) is 18.6. The van der Waals surface area contributed by atoms with Gasteiger partial charge in [0.25, 0.3) is 0 Å². The third-order valence-electron chi connectivity index (χ3n) is 6.52. The smallest absolute Gasteiger partial charge is 0.421 e. The fourth-order valence-electron chi connectivity index (χ4n) is 4.54. The molecule has 2 aromatic heterocycles. The van der Waals surface area contributed by atoms with E-state index in [0.29, 0.717) is 49.7 Å². The summed E-state index contributed by atoms with van der Waals surface area (Å²) in [5.74, 6) is -2.10. The second kappa shape index (κ2) is 11.1. The molecule has 0 spiro atoms. The SMILES string of the molecule is O=CC(Oc1ncc(Cl)cc1C(F)(F)F)N1CCC(c2nc(C3=NO[C@@H](c4c(F)cccc4F)C3)cs2)CC1. The minimum Gasteiger partial charge on any atom is -0.451 e. The second-order valence-corrected chi connectivity index (χ2v) is 10.3. The van der Waals surface area contributed by atoms with E-state index in [1.165, 1.54) is 17.4 Å². The third-order valence-corrected chi connectivity index (χ3v) is 7.73. The van der Waals surface area contributed by atoms with E-state index in [1.54, 1.807) is 10.3 Å². The molecule has 1 saturated heterocycles. The molecule has 5 rings (SSSR count). The predicted octanol–water partition coefficient (Wildman–Crippen LogP) is 6.14. The molecular formula is C25H20ClF5N4O3S. The molecular weight excluding hydrogens is 567 g/mol. The van der Waals surface area contributed by atoms with Crippen LogP contribution in [0.15, 0.2) is 41.0 Å². The summed E-state index contributed by atoms with van der Waals surface area (Å²) < 4.78 is 73.8. The van der Waals surface area contributed by atoms with Gasteiger partial charge in [0.05, 0.1) is 21.3 Å². The zero-order valence-corrected chi connectivity index (χ0v) is 21.6. The first-order valence-electron chi connectivity index (χ1n) is 11.8. The highest BCUT2D eigenvalue weighted by Gasteiger charge is 2.38. The van der Waals surface area contributed by atoms with E-state index in [4.69, 9.17) is 21.2 Å². The van der Waals surface area contributed by atoms with Crippen molar-refractivity contribution in [3.63, 3.8) is 0 Å². The van der Waals surface area contributed by atoms with Crippen LogP contribution in [0.2, 0.25) is 5.02 Å². The number of hydrogen-bond acceptors (Lipinski definition) is 8. The Labute approximate surface area is 228 Å². The Kier molecular flexibility index (Phi) is 7.83. The Hall–Kier alpha value is -3.16. The van der Waals surface area contributed by atoms with Gasteiger partial charge in [-0.3, -0.25) is 9.69 Å². The van der Waals surface area contributed by atoms with Crippen LogP contribution in [0.5, 0.6) is 5.88 Å². The molecule has 14 heteroatoms. The molecule has 2 aliphatic heterocycles. The summed E-state index contributed by atoms with van der Waals surface area (Å²) in [6.07, 6.45) is -4.12. The van der Waals surface area contributed by atoms with Crippen molar-refractivity contribution in [1.29, 1.82) is 0 Å². The van der Waals surface area contributed by atoms with E-state index < -0.39 is 41.6 Å². The van der Waals surface area contributed by atoms with Gasteiger partial charge in [0.2, 0.25) is 12.1 Å². The molecule has 0 bridgehead atoms. The quantitative estimate of drug-likeness (QED) is 0.245. The number of piperidine rings is 1. The van der Waals surface area contributed by atoms with Crippen molar-refractivity contribution in [2.24, 2.45) is 5.16 Å². The van der Waals surface area contributed by atoms with Gasteiger partial charge in [-0.25, -0.2) is 18.7 Å². The summed E-state index contributed by atoms with van der Waals surface area (Å²) in [7, 11) is 0. The monoisotopic (exact) mass is 586 g/mol. The lowest BCUT2D eigenvalue weighted by molar-refractivity contribution is -0.142. The maximum Gasteiger partial charge on any atom is 0.421 e. The number of aldehydes is 1. The molecule has 1 fully saturated rings. The highest BCUT2D eigenvalue weighted by Crippen LogP contribution is 2.38. The van der Waals surface area contributed by atoms with Crippen molar-refractivity contribution in [3.05, 3.63) is 74.3 Å². The summed E-state index contributed by atoms with van der Waals surface area (Å²) in [6, 6.07) is 4.30. The van der Waals surface area contributed by atoms with Gasteiger partial charge in [-0.1, -0.05) is 22.8 Å². The van der Waals surface area contributed by atoms with Crippen molar-refractivity contribution >= 4 is 34.9 Å².